The van der Waals surface area contributed by atoms with Crippen LogP contribution in [-0.4, -0.2) is 19.5 Å². The van der Waals surface area contributed by atoms with E-state index in [1.807, 2.05) is 13.1 Å². The Morgan fingerprint density at radius 2 is 2.12 bits per heavy atom. The van der Waals surface area contributed by atoms with Crippen molar-refractivity contribution in [3.63, 3.8) is 0 Å². The summed E-state index contributed by atoms with van der Waals surface area (Å²) in [6.45, 7) is 0. The number of benzene rings is 1. The van der Waals surface area contributed by atoms with E-state index < -0.39 is 9.70 Å². The molecule has 2 rings (SSSR count). The first kappa shape index (κ1) is 12.5. The first-order chi connectivity index (χ1) is 7.89. The number of hydrogen-bond acceptors (Lipinski definition) is 2. The van der Waals surface area contributed by atoms with Crippen molar-refractivity contribution < 1.29 is 4.79 Å². The van der Waals surface area contributed by atoms with E-state index in [1.54, 1.807) is 23.0 Å². The number of nitrogens with one attached hydrogen (secondary N) is 1. The zero-order valence-corrected chi connectivity index (χ0v) is 11.0. The Bertz CT molecular complexity index is 574. The van der Waals surface area contributed by atoms with Crippen LogP contribution in [0.3, 0.4) is 0 Å². The van der Waals surface area contributed by atoms with E-state index in [2.05, 4.69) is 10.4 Å². The Morgan fingerprint density at radius 3 is 2.76 bits per heavy atom. The van der Waals surface area contributed by atoms with Crippen molar-refractivity contribution in [3.05, 3.63) is 24.4 Å². The van der Waals surface area contributed by atoms with Crippen molar-refractivity contribution in [1.82, 2.24) is 9.78 Å². The number of aromatic nitrogens is 2. The highest BCUT2D eigenvalue weighted by Crippen LogP contribution is 2.29. The number of anilines is 1. The van der Waals surface area contributed by atoms with Crippen LogP contribution in [0.5, 0.6) is 0 Å². The van der Waals surface area contributed by atoms with E-state index >= 15 is 0 Å². The fourth-order valence-electron chi connectivity index (χ4n) is 1.48. The van der Waals surface area contributed by atoms with Crippen LogP contribution in [0.25, 0.3) is 10.9 Å². The number of halogens is 3. The average molecular weight is 293 g/mol. The van der Waals surface area contributed by atoms with Crippen molar-refractivity contribution in [2.75, 3.05) is 5.32 Å². The summed E-state index contributed by atoms with van der Waals surface area (Å²) in [6.07, 6.45) is 1.64. The Hall–Kier alpha value is -0.970. The molecule has 1 aromatic heterocycles. The van der Waals surface area contributed by atoms with Crippen LogP contribution in [-0.2, 0) is 11.8 Å². The van der Waals surface area contributed by atoms with Gasteiger partial charge < -0.3 is 5.32 Å². The minimum absolute atomic E-state index is 0.562. The Balaban J connectivity index is 2.40. The summed E-state index contributed by atoms with van der Waals surface area (Å²) in [7, 11) is 1.81. The molecular weight excluding hydrogens is 284 g/mol. The van der Waals surface area contributed by atoms with Crippen LogP contribution in [0.15, 0.2) is 24.4 Å². The third-order valence-corrected chi connectivity index (χ3v) is 2.81. The number of fused-ring (bicyclic) bond motifs is 1. The minimum Gasteiger partial charge on any atom is -0.322 e. The number of nitrogens with zero attached hydrogens (tertiary/aromatic N) is 2. The highest BCUT2D eigenvalue weighted by molar-refractivity contribution is 6.76. The molecule has 90 valence electrons. The Labute approximate surface area is 112 Å². The van der Waals surface area contributed by atoms with E-state index in [9.17, 15) is 4.79 Å². The second-order valence-electron chi connectivity index (χ2n) is 3.46. The lowest BCUT2D eigenvalue weighted by atomic mass is 10.2. The van der Waals surface area contributed by atoms with Gasteiger partial charge in [0.15, 0.2) is 0 Å². The molecule has 0 aliphatic rings. The molecule has 0 spiro atoms. The summed E-state index contributed by atoms with van der Waals surface area (Å²) in [6, 6.07) is 5.39. The maximum absolute atomic E-state index is 11.6. The second-order valence-corrected chi connectivity index (χ2v) is 5.74. The topological polar surface area (TPSA) is 46.9 Å². The van der Waals surface area contributed by atoms with Gasteiger partial charge in [-0.1, -0.05) is 40.9 Å². The van der Waals surface area contributed by atoms with E-state index in [0.29, 0.717) is 5.69 Å². The summed E-state index contributed by atoms with van der Waals surface area (Å²) in [5.74, 6) is -0.696. The van der Waals surface area contributed by atoms with Crippen molar-refractivity contribution >= 4 is 57.3 Å². The number of rotatable bonds is 1. The molecule has 1 heterocycles. The monoisotopic (exact) mass is 291 g/mol. The van der Waals surface area contributed by atoms with E-state index in [1.165, 1.54) is 0 Å². The van der Waals surface area contributed by atoms with Crippen molar-refractivity contribution in [2.24, 2.45) is 7.05 Å². The predicted molar refractivity (Wildman–Crippen MR) is 69.6 cm³/mol. The van der Waals surface area contributed by atoms with Gasteiger partial charge in [-0.3, -0.25) is 9.48 Å². The lowest BCUT2D eigenvalue weighted by Gasteiger charge is -2.11. The molecule has 0 aliphatic heterocycles. The molecule has 1 N–H and O–H groups in total. The fourth-order valence-corrected chi connectivity index (χ4v) is 1.62. The molecule has 2 aromatic rings. The second kappa shape index (κ2) is 4.37. The maximum atomic E-state index is 11.6. The van der Waals surface area contributed by atoms with Crippen LogP contribution in [0.2, 0.25) is 0 Å². The molecule has 1 amide bonds. The van der Waals surface area contributed by atoms with E-state index in [-0.39, 0.29) is 0 Å². The van der Waals surface area contributed by atoms with Gasteiger partial charge in [-0.25, -0.2) is 0 Å². The van der Waals surface area contributed by atoms with Crippen molar-refractivity contribution in [2.45, 2.75) is 3.79 Å². The molecule has 17 heavy (non-hydrogen) atoms. The number of carbonyl (C=O) groups excluding carboxylic acids is 1. The minimum atomic E-state index is -1.98. The third kappa shape index (κ3) is 2.49. The van der Waals surface area contributed by atoms with Gasteiger partial charge in [0.25, 0.3) is 9.70 Å². The smallest absolute Gasteiger partial charge is 0.276 e. The number of amides is 1. The zero-order chi connectivity index (χ0) is 12.6. The summed E-state index contributed by atoms with van der Waals surface area (Å²) in [5, 5.41) is 7.43. The largest absolute Gasteiger partial charge is 0.322 e. The Kier molecular flexibility index (Phi) is 3.21. The molecule has 0 saturated heterocycles. The molecule has 0 radical (unpaired) electrons. The molecule has 7 heteroatoms. The van der Waals surface area contributed by atoms with Gasteiger partial charge in [0.1, 0.15) is 0 Å². The van der Waals surface area contributed by atoms with Gasteiger partial charge in [-0.15, -0.1) is 0 Å². The molecular formula is C10H8Cl3N3O. The summed E-state index contributed by atoms with van der Waals surface area (Å²) in [5.41, 5.74) is 1.44. The fraction of sp³-hybridized carbons (Fsp3) is 0.200. The molecule has 4 nitrogen and oxygen atoms in total. The molecule has 0 atom stereocenters. The zero-order valence-electron chi connectivity index (χ0n) is 8.75. The van der Waals surface area contributed by atoms with Crippen LogP contribution in [0, 0.1) is 0 Å². The van der Waals surface area contributed by atoms with Crippen LogP contribution >= 0.6 is 34.8 Å². The van der Waals surface area contributed by atoms with E-state index in [4.69, 9.17) is 34.8 Å². The van der Waals surface area contributed by atoms with Gasteiger partial charge in [-0.05, 0) is 12.1 Å². The van der Waals surface area contributed by atoms with Gasteiger partial charge >= 0.3 is 0 Å². The molecule has 1 aromatic carbocycles. The first-order valence-corrected chi connectivity index (χ1v) is 5.82. The normalized spacial score (nSPS) is 11.8. The SMILES string of the molecule is Cn1ncc2c(NC(=O)C(Cl)(Cl)Cl)cccc21. The maximum Gasteiger partial charge on any atom is 0.276 e. The predicted octanol–water partition coefficient (Wildman–Crippen LogP) is 2.88. The molecule has 0 saturated carbocycles. The Morgan fingerprint density at radius 1 is 1.41 bits per heavy atom. The number of carbonyl (C=O) groups is 1. The lowest BCUT2D eigenvalue weighted by Crippen LogP contribution is -2.26. The van der Waals surface area contributed by atoms with Gasteiger partial charge in [0.2, 0.25) is 0 Å². The van der Waals surface area contributed by atoms with Crippen LogP contribution in [0.1, 0.15) is 0 Å². The third-order valence-electron chi connectivity index (χ3n) is 2.30. The molecule has 0 fully saturated rings. The summed E-state index contributed by atoms with van der Waals surface area (Å²) in [4.78, 5) is 11.6. The lowest BCUT2D eigenvalue weighted by molar-refractivity contribution is -0.115. The summed E-state index contributed by atoms with van der Waals surface area (Å²) < 4.78 is -0.287. The molecule has 0 bridgehead atoms. The number of aryl methyl sites for hydroxylation is 1. The number of alkyl halides is 3. The van der Waals surface area contributed by atoms with Crippen molar-refractivity contribution in [1.29, 1.82) is 0 Å². The molecule has 0 aliphatic carbocycles. The van der Waals surface area contributed by atoms with Gasteiger partial charge in [-0.2, -0.15) is 5.10 Å². The van der Waals surface area contributed by atoms with Crippen molar-refractivity contribution in [3.8, 4) is 0 Å². The highest BCUT2D eigenvalue weighted by atomic mass is 35.6. The first-order valence-electron chi connectivity index (χ1n) is 4.68. The molecule has 0 unspecified atom stereocenters. The highest BCUT2D eigenvalue weighted by Gasteiger charge is 2.30. The van der Waals surface area contributed by atoms with Crippen LogP contribution < -0.4 is 5.32 Å². The quantitative estimate of drug-likeness (QED) is 0.822. The van der Waals surface area contributed by atoms with Gasteiger partial charge in [0, 0.05) is 12.4 Å². The van der Waals surface area contributed by atoms with Crippen LogP contribution in [0.4, 0.5) is 5.69 Å². The standard InChI is InChI=1S/C10H8Cl3N3O/c1-16-8-4-2-3-7(6(8)5-14-16)15-9(17)10(11,12)13/h2-5H,1H3,(H,15,17). The summed E-state index contributed by atoms with van der Waals surface area (Å²) >= 11 is 16.5. The van der Waals surface area contributed by atoms with E-state index in [0.717, 1.165) is 10.9 Å². The number of hydrogen-bond donors (Lipinski definition) is 1. The average Bonchev–Trinajstić information content (AvgIpc) is 2.60. The van der Waals surface area contributed by atoms with Gasteiger partial charge in [0.05, 0.1) is 17.4 Å².